The Labute approximate surface area is 185 Å². The molecule has 1 aromatic carbocycles. The maximum Gasteiger partial charge on any atom is 0.282 e. The fourth-order valence-electron chi connectivity index (χ4n) is 4.56. The maximum atomic E-state index is 13.0. The Bertz CT molecular complexity index is 959. The van der Waals surface area contributed by atoms with Crippen molar-refractivity contribution in [2.45, 2.75) is 44.6 Å². The molecule has 1 aromatic heterocycles. The number of carbonyl (C=O) groups is 1. The van der Waals surface area contributed by atoms with Gasteiger partial charge in [-0.2, -0.15) is 17.0 Å². The number of amides is 1. The lowest BCUT2D eigenvalue weighted by Crippen LogP contribution is -2.55. The van der Waals surface area contributed by atoms with Gasteiger partial charge >= 0.3 is 0 Å². The Kier molecular flexibility index (Phi) is 6.79. The second kappa shape index (κ2) is 9.54. The van der Waals surface area contributed by atoms with Crippen LogP contribution in [0.5, 0.6) is 0 Å². The van der Waals surface area contributed by atoms with Crippen LogP contribution in [0.25, 0.3) is 5.69 Å². The van der Waals surface area contributed by atoms with Gasteiger partial charge in [0.15, 0.2) is 0 Å². The van der Waals surface area contributed by atoms with E-state index in [4.69, 9.17) is 0 Å². The molecule has 2 fully saturated rings. The van der Waals surface area contributed by atoms with Crippen molar-refractivity contribution in [1.29, 1.82) is 0 Å². The molecule has 7 nitrogen and oxygen atoms in total. The fraction of sp³-hybridized carbons (Fsp3) is 0.522. The summed E-state index contributed by atoms with van der Waals surface area (Å²) in [6, 6.07) is 12.0. The van der Waals surface area contributed by atoms with Crippen LogP contribution in [0.1, 0.15) is 37.7 Å². The van der Waals surface area contributed by atoms with Gasteiger partial charge in [0.25, 0.3) is 10.2 Å². The molecule has 31 heavy (non-hydrogen) atoms. The molecule has 1 aliphatic carbocycles. The summed E-state index contributed by atoms with van der Waals surface area (Å²) < 4.78 is 31.2. The van der Waals surface area contributed by atoms with Gasteiger partial charge in [0.1, 0.15) is 0 Å². The van der Waals surface area contributed by atoms with E-state index in [0.717, 1.165) is 36.9 Å². The average Bonchev–Trinajstić information content (AvgIpc) is 3.35. The van der Waals surface area contributed by atoms with Crippen LogP contribution in [-0.2, 0) is 21.4 Å². The molecule has 2 heterocycles. The van der Waals surface area contributed by atoms with Crippen molar-refractivity contribution < 1.29 is 13.2 Å². The van der Waals surface area contributed by atoms with E-state index in [2.05, 4.69) is 0 Å². The molecule has 2 aliphatic rings. The second-order valence-corrected chi connectivity index (χ2v) is 10.5. The summed E-state index contributed by atoms with van der Waals surface area (Å²) in [6.45, 7) is 1.60. The van der Waals surface area contributed by atoms with Gasteiger partial charge in [-0.3, -0.25) is 4.79 Å². The highest BCUT2D eigenvalue weighted by Gasteiger charge is 2.35. The molecular weight excluding hydrogens is 412 g/mol. The van der Waals surface area contributed by atoms with Gasteiger partial charge in [-0.15, -0.1) is 0 Å². The van der Waals surface area contributed by atoms with Crippen LogP contribution in [0.3, 0.4) is 0 Å². The molecule has 1 saturated heterocycles. The zero-order valence-electron chi connectivity index (χ0n) is 18.2. The Hall–Kier alpha value is -2.16. The first-order valence-corrected chi connectivity index (χ1v) is 12.6. The minimum absolute atomic E-state index is 0.0476. The molecule has 0 N–H and O–H groups in total. The summed E-state index contributed by atoms with van der Waals surface area (Å²) in [4.78, 5) is 14.5. The third kappa shape index (κ3) is 5.02. The highest BCUT2D eigenvalue weighted by atomic mass is 32.2. The Morgan fingerprint density at radius 3 is 2.19 bits per heavy atom. The zero-order valence-corrected chi connectivity index (χ0v) is 19.0. The molecule has 0 spiro atoms. The molecule has 1 saturated carbocycles. The smallest absolute Gasteiger partial charge is 0.282 e. The molecule has 4 rings (SSSR count). The van der Waals surface area contributed by atoms with E-state index in [0.29, 0.717) is 32.6 Å². The maximum absolute atomic E-state index is 13.0. The SMILES string of the molecule is CN(C1CCCCC1)S(=O)(=O)N1CCN(C(=O)Cc2ccc(-n3cccc3)cc2)CC1. The minimum Gasteiger partial charge on any atom is -0.340 e. The third-order valence-corrected chi connectivity index (χ3v) is 8.61. The van der Waals surface area contributed by atoms with Crippen LogP contribution >= 0.6 is 0 Å². The van der Waals surface area contributed by atoms with Gasteiger partial charge in [0.05, 0.1) is 6.42 Å². The lowest BCUT2D eigenvalue weighted by atomic mass is 9.96. The zero-order chi connectivity index (χ0) is 21.8. The number of aromatic nitrogens is 1. The number of rotatable bonds is 6. The van der Waals surface area contributed by atoms with E-state index in [-0.39, 0.29) is 11.9 Å². The van der Waals surface area contributed by atoms with E-state index >= 15 is 0 Å². The van der Waals surface area contributed by atoms with Crippen molar-refractivity contribution in [1.82, 2.24) is 18.1 Å². The monoisotopic (exact) mass is 444 g/mol. The standard InChI is InChI=1S/C23H32N4O3S/c1-24(21-7-3-2-4-8-21)31(29,30)27-17-15-26(16-18-27)23(28)19-20-9-11-22(12-10-20)25-13-5-6-14-25/h5-6,9-14,21H,2-4,7-8,15-19H2,1H3. The van der Waals surface area contributed by atoms with E-state index in [9.17, 15) is 13.2 Å². The minimum atomic E-state index is -3.47. The number of nitrogens with zero attached hydrogens (tertiary/aromatic N) is 4. The molecule has 1 amide bonds. The first-order chi connectivity index (χ1) is 14.9. The topological polar surface area (TPSA) is 65.9 Å². The summed E-state index contributed by atoms with van der Waals surface area (Å²) in [6.07, 6.45) is 9.58. The van der Waals surface area contributed by atoms with Crippen molar-refractivity contribution in [3.8, 4) is 5.69 Å². The molecule has 1 aliphatic heterocycles. The predicted molar refractivity (Wildman–Crippen MR) is 121 cm³/mol. The van der Waals surface area contributed by atoms with Crippen molar-refractivity contribution >= 4 is 16.1 Å². The van der Waals surface area contributed by atoms with Crippen LogP contribution in [0, 0.1) is 0 Å². The quantitative estimate of drug-likeness (QED) is 0.688. The first-order valence-electron chi connectivity index (χ1n) is 11.2. The summed E-state index contributed by atoms with van der Waals surface area (Å²) in [5.41, 5.74) is 2.02. The molecule has 2 aromatic rings. The summed E-state index contributed by atoms with van der Waals surface area (Å²) >= 11 is 0. The number of benzene rings is 1. The van der Waals surface area contributed by atoms with Crippen molar-refractivity contribution in [3.63, 3.8) is 0 Å². The molecule has 0 bridgehead atoms. The fourth-order valence-corrected chi connectivity index (χ4v) is 6.14. The molecular formula is C23H32N4O3S. The Morgan fingerprint density at radius 2 is 1.58 bits per heavy atom. The van der Waals surface area contributed by atoms with Crippen molar-refractivity contribution in [3.05, 3.63) is 54.4 Å². The van der Waals surface area contributed by atoms with E-state index in [1.807, 2.05) is 53.4 Å². The number of carbonyl (C=O) groups excluding carboxylic acids is 1. The van der Waals surface area contributed by atoms with Gasteiger partial charge in [0.2, 0.25) is 5.91 Å². The van der Waals surface area contributed by atoms with E-state index in [1.54, 1.807) is 16.3 Å². The van der Waals surface area contributed by atoms with Crippen LogP contribution in [-0.4, -0.2) is 71.7 Å². The lowest BCUT2D eigenvalue weighted by Gasteiger charge is -2.38. The molecule has 0 unspecified atom stereocenters. The number of hydrogen-bond donors (Lipinski definition) is 0. The summed E-state index contributed by atoms with van der Waals surface area (Å²) in [5.74, 6) is 0.0476. The molecule has 0 radical (unpaired) electrons. The van der Waals surface area contributed by atoms with Gasteiger partial charge in [-0.05, 0) is 42.7 Å². The van der Waals surface area contributed by atoms with Gasteiger partial charge < -0.3 is 9.47 Å². The van der Waals surface area contributed by atoms with E-state index in [1.165, 1.54) is 10.7 Å². The Balaban J connectivity index is 1.30. The number of hydrogen-bond acceptors (Lipinski definition) is 3. The summed E-state index contributed by atoms with van der Waals surface area (Å²) in [5, 5.41) is 0. The molecule has 8 heteroatoms. The van der Waals surface area contributed by atoms with E-state index < -0.39 is 10.2 Å². The van der Waals surface area contributed by atoms with Gasteiger partial charge in [-0.1, -0.05) is 31.4 Å². The van der Waals surface area contributed by atoms with Crippen molar-refractivity contribution in [2.75, 3.05) is 33.2 Å². The first kappa shape index (κ1) is 22.0. The van der Waals surface area contributed by atoms with Crippen LogP contribution < -0.4 is 0 Å². The van der Waals surface area contributed by atoms with Crippen LogP contribution in [0.4, 0.5) is 0 Å². The Morgan fingerprint density at radius 1 is 0.968 bits per heavy atom. The predicted octanol–water partition coefficient (Wildman–Crippen LogP) is 2.67. The average molecular weight is 445 g/mol. The van der Waals surface area contributed by atoms with Crippen LogP contribution in [0.15, 0.2) is 48.8 Å². The third-order valence-electron chi connectivity index (χ3n) is 6.56. The highest BCUT2D eigenvalue weighted by Crippen LogP contribution is 2.25. The van der Waals surface area contributed by atoms with Crippen LogP contribution in [0.2, 0.25) is 0 Å². The number of piperazine rings is 1. The lowest BCUT2D eigenvalue weighted by molar-refractivity contribution is -0.131. The second-order valence-electron chi connectivity index (χ2n) is 8.53. The van der Waals surface area contributed by atoms with Gasteiger partial charge in [0, 0.05) is 57.3 Å². The molecule has 168 valence electrons. The normalized spacial score (nSPS) is 19.1. The molecule has 0 atom stereocenters. The highest BCUT2D eigenvalue weighted by molar-refractivity contribution is 7.86. The summed E-state index contributed by atoms with van der Waals surface area (Å²) in [7, 11) is -1.76. The van der Waals surface area contributed by atoms with Crippen molar-refractivity contribution in [2.24, 2.45) is 0 Å². The largest absolute Gasteiger partial charge is 0.340 e. The van der Waals surface area contributed by atoms with Gasteiger partial charge in [-0.25, -0.2) is 0 Å².